The van der Waals surface area contributed by atoms with E-state index in [9.17, 15) is 4.79 Å². The van der Waals surface area contributed by atoms with Crippen LogP contribution in [0.3, 0.4) is 0 Å². The van der Waals surface area contributed by atoms with Gasteiger partial charge in [-0.3, -0.25) is 4.90 Å². The van der Waals surface area contributed by atoms with Crippen molar-refractivity contribution in [1.82, 2.24) is 10.2 Å². The van der Waals surface area contributed by atoms with Crippen molar-refractivity contribution < 1.29 is 19.0 Å². The molecule has 1 saturated heterocycles. The van der Waals surface area contributed by atoms with Crippen LogP contribution in [0.2, 0.25) is 0 Å². The standard InChI is InChI=1S/C17H26N2O4/c1-2-15-4-6-16(7-5-15)22-14-23-17(20)18-8-3-9-19-10-12-21-13-11-19/h4-7H,2-3,8-14H2,1H3,(H,18,20). The Morgan fingerprint density at radius 1 is 1.26 bits per heavy atom. The average Bonchev–Trinajstić information content (AvgIpc) is 2.60. The van der Waals surface area contributed by atoms with E-state index in [0.717, 1.165) is 45.7 Å². The Kier molecular flexibility index (Phi) is 7.69. The minimum absolute atomic E-state index is 0.0826. The van der Waals surface area contributed by atoms with Gasteiger partial charge >= 0.3 is 6.09 Å². The first-order valence-electron chi connectivity index (χ1n) is 8.20. The summed E-state index contributed by atoms with van der Waals surface area (Å²) in [6, 6.07) is 7.76. The van der Waals surface area contributed by atoms with Gasteiger partial charge in [-0.2, -0.15) is 0 Å². The molecular weight excluding hydrogens is 296 g/mol. The highest BCUT2D eigenvalue weighted by Gasteiger charge is 2.09. The van der Waals surface area contributed by atoms with Crippen LogP contribution in [0.25, 0.3) is 0 Å². The molecule has 0 aliphatic carbocycles. The fraction of sp³-hybridized carbons (Fsp3) is 0.588. The largest absolute Gasteiger partial charge is 0.457 e. The maximum absolute atomic E-state index is 11.5. The van der Waals surface area contributed by atoms with Crippen molar-refractivity contribution in [1.29, 1.82) is 0 Å². The van der Waals surface area contributed by atoms with Crippen molar-refractivity contribution in [3.63, 3.8) is 0 Å². The number of aryl methyl sites for hydroxylation is 1. The summed E-state index contributed by atoms with van der Waals surface area (Å²) < 4.78 is 15.7. The molecule has 128 valence electrons. The Hall–Kier alpha value is -1.79. The van der Waals surface area contributed by atoms with E-state index in [1.165, 1.54) is 5.56 Å². The summed E-state index contributed by atoms with van der Waals surface area (Å²) in [5, 5.41) is 2.73. The molecule has 0 saturated carbocycles. The van der Waals surface area contributed by atoms with E-state index in [1.807, 2.05) is 24.3 Å². The van der Waals surface area contributed by atoms with Crippen LogP contribution in [0, 0.1) is 0 Å². The number of morpholine rings is 1. The van der Waals surface area contributed by atoms with E-state index >= 15 is 0 Å². The number of carbonyl (C=O) groups excluding carboxylic acids is 1. The molecule has 0 bridgehead atoms. The second-order valence-electron chi connectivity index (χ2n) is 5.43. The van der Waals surface area contributed by atoms with E-state index in [4.69, 9.17) is 14.2 Å². The van der Waals surface area contributed by atoms with Crippen molar-refractivity contribution in [2.75, 3.05) is 46.2 Å². The number of rotatable bonds is 8. The molecule has 0 aromatic heterocycles. The summed E-state index contributed by atoms with van der Waals surface area (Å²) in [6.07, 6.45) is 1.44. The molecule has 2 rings (SSSR count). The molecule has 1 aliphatic rings. The molecule has 0 unspecified atom stereocenters. The lowest BCUT2D eigenvalue weighted by atomic mass is 10.2. The first kappa shape index (κ1) is 17.6. The maximum atomic E-state index is 11.5. The van der Waals surface area contributed by atoms with E-state index in [2.05, 4.69) is 17.1 Å². The molecule has 1 N–H and O–H groups in total. The van der Waals surface area contributed by atoms with E-state index in [0.29, 0.717) is 12.3 Å². The highest BCUT2D eigenvalue weighted by Crippen LogP contribution is 2.12. The van der Waals surface area contributed by atoms with Gasteiger partial charge < -0.3 is 19.5 Å². The quantitative estimate of drug-likeness (QED) is 0.586. The highest BCUT2D eigenvalue weighted by atomic mass is 16.7. The zero-order valence-electron chi connectivity index (χ0n) is 13.8. The third kappa shape index (κ3) is 6.88. The molecule has 1 heterocycles. The molecular formula is C17H26N2O4. The Balaban J connectivity index is 1.50. The van der Waals surface area contributed by atoms with Gasteiger partial charge in [-0.05, 0) is 37.1 Å². The number of nitrogens with zero attached hydrogens (tertiary/aromatic N) is 1. The first-order chi connectivity index (χ1) is 11.3. The van der Waals surface area contributed by atoms with Gasteiger partial charge in [-0.1, -0.05) is 19.1 Å². The van der Waals surface area contributed by atoms with Crippen molar-refractivity contribution in [2.45, 2.75) is 19.8 Å². The number of hydrogen-bond acceptors (Lipinski definition) is 5. The van der Waals surface area contributed by atoms with E-state index < -0.39 is 6.09 Å². The third-order valence-electron chi connectivity index (χ3n) is 3.77. The molecule has 1 aromatic rings. The number of alkyl carbamates (subject to hydrolysis) is 1. The van der Waals surface area contributed by atoms with Gasteiger partial charge in [0, 0.05) is 19.6 Å². The van der Waals surface area contributed by atoms with Crippen LogP contribution >= 0.6 is 0 Å². The van der Waals surface area contributed by atoms with Gasteiger partial charge in [0.2, 0.25) is 6.79 Å². The number of ether oxygens (including phenoxy) is 3. The molecule has 23 heavy (non-hydrogen) atoms. The molecule has 0 spiro atoms. The second-order valence-corrected chi connectivity index (χ2v) is 5.43. The normalized spacial score (nSPS) is 15.2. The number of nitrogens with one attached hydrogen (secondary N) is 1. The fourth-order valence-electron chi connectivity index (χ4n) is 2.34. The zero-order valence-corrected chi connectivity index (χ0v) is 13.8. The van der Waals surface area contributed by atoms with Gasteiger partial charge in [0.1, 0.15) is 5.75 Å². The van der Waals surface area contributed by atoms with Crippen molar-refractivity contribution in [3.05, 3.63) is 29.8 Å². The fourth-order valence-corrected chi connectivity index (χ4v) is 2.34. The molecule has 1 aliphatic heterocycles. The SMILES string of the molecule is CCc1ccc(OCOC(=O)NCCCN2CCOCC2)cc1. The van der Waals surface area contributed by atoms with Gasteiger partial charge in [0.15, 0.2) is 0 Å². The Morgan fingerprint density at radius 2 is 2.00 bits per heavy atom. The monoisotopic (exact) mass is 322 g/mol. The van der Waals surface area contributed by atoms with Gasteiger partial charge in [0.05, 0.1) is 13.2 Å². The van der Waals surface area contributed by atoms with Gasteiger partial charge in [-0.15, -0.1) is 0 Å². The topological polar surface area (TPSA) is 60.0 Å². The summed E-state index contributed by atoms with van der Waals surface area (Å²) in [5.41, 5.74) is 1.25. The lowest BCUT2D eigenvalue weighted by Crippen LogP contribution is -2.38. The number of hydrogen-bond donors (Lipinski definition) is 1. The predicted molar refractivity (Wildman–Crippen MR) is 87.7 cm³/mol. The minimum atomic E-state index is -0.447. The molecule has 1 amide bonds. The second kappa shape index (κ2) is 10.1. The van der Waals surface area contributed by atoms with Gasteiger partial charge in [0.25, 0.3) is 0 Å². The summed E-state index contributed by atoms with van der Waals surface area (Å²) in [7, 11) is 0. The van der Waals surface area contributed by atoms with E-state index in [-0.39, 0.29) is 6.79 Å². The average molecular weight is 322 g/mol. The minimum Gasteiger partial charge on any atom is -0.457 e. The summed E-state index contributed by atoms with van der Waals surface area (Å²) in [4.78, 5) is 13.9. The summed E-state index contributed by atoms with van der Waals surface area (Å²) in [5.74, 6) is 0.697. The predicted octanol–water partition coefficient (Wildman–Crippen LogP) is 2.03. The molecule has 1 aromatic carbocycles. The number of benzene rings is 1. The van der Waals surface area contributed by atoms with Crippen LogP contribution < -0.4 is 10.1 Å². The van der Waals surface area contributed by atoms with Gasteiger partial charge in [-0.25, -0.2) is 4.79 Å². The summed E-state index contributed by atoms with van der Waals surface area (Å²) >= 11 is 0. The molecule has 6 nitrogen and oxygen atoms in total. The first-order valence-corrected chi connectivity index (χ1v) is 8.20. The van der Waals surface area contributed by atoms with Crippen LogP contribution in [0.5, 0.6) is 5.75 Å². The van der Waals surface area contributed by atoms with Crippen molar-refractivity contribution in [2.24, 2.45) is 0 Å². The molecule has 0 atom stereocenters. The Morgan fingerprint density at radius 3 is 2.70 bits per heavy atom. The van der Waals surface area contributed by atoms with Crippen LogP contribution in [-0.2, 0) is 15.9 Å². The summed E-state index contributed by atoms with van der Waals surface area (Å²) in [6.45, 7) is 7.11. The van der Waals surface area contributed by atoms with E-state index in [1.54, 1.807) is 0 Å². The molecule has 1 fully saturated rings. The van der Waals surface area contributed by atoms with Crippen LogP contribution in [0.4, 0.5) is 4.79 Å². The Labute approximate surface area is 137 Å². The third-order valence-corrected chi connectivity index (χ3v) is 3.77. The van der Waals surface area contributed by atoms with Crippen LogP contribution in [-0.4, -0.2) is 57.2 Å². The lowest BCUT2D eigenvalue weighted by molar-refractivity contribution is 0.0369. The molecule has 0 radical (unpaired) electrons. The van der Waals surface area contributed by atoms with Crippen molar-refractivity contribution >= 4 is 6.09 Å². The number of carbonyl (C=O) groups is 1. The number of amides is 1. The van der Waals surface area contributed by atoms with Crippen LogP contribution in [0.1, 0.15) is 18.9 Å². The highest BCUT2D eigenvalue weighted by molar-refractivity contribution is 5.66. The smallest absolute Gasteiger partial charge is 0.410 e. The molecule has 6 heteroatoms. The zero-order chi connectivity index (χ0) is 16.3. The lowest BCUT2D eigenvalue weighted by Gasteiger charge is -2.26. The van der Waals surface area contributed by atoms with Crippen molar-refractivity contribution in [3.8, 4) is 5.75 Å². The maximum Gasteiger partial charge on any atom is 0.410 e. The van der Waals surface area contributed by atoms with Crippen LogP contribution in [0.15, 0.2) is 24.3 Å². The Bertz CT molecular complexity index is 458.